The minimum atomic E-state index is 0.713. The number of benzene rings is 1. The largest absolute Gasteiger partial charge is 0.311 e. The van der Waals surface area contributed by atoms with E-state index in [0.29, 0.717) is 6.04 Å². The first-order valence-electron chi connectivity index (χ1n) is 7.06. The van der Waals surface area contributed by atoms with Gasteiger partial charge in [-0.2, -0.15) is 0 Å². The first kappa shape index (κ1) is 12.6. The molecule has 0 amide bonds. The molecule has 3 heteroatoms. The van der Waals surface area contributed by atoms with Crippen molar-refractivity contribution in [2.45, 2.75) is 25.4 Å². The molecular formula is C16H21N3. The van der Waals surface area contributed by atoms with Crippen molar-refractivity contribution in [3.05, 3.63) is 42.2 Å². The molecule has 0 spiro atoms. The van der Waals surface area contributed by atoms with Crippen LogP contribution >= 0.6 is 0 Å². The molecular weight excluding hydrogens is 234 g/mol. The van der Waals surface area contributed by atoms with Gasteiger partial charge in [0.2, 0.25) is 0 Å². The molecule has 1 aliphatic heterocycles. The highest BCUT2D eigenvalue weighted by Gasteiger charge is 2.19. The number of likely N-dealkylation sites (tertiary alicyclic amines) is 1. The summed E-state index contributed by atoms with van der Waals surface area (Å²) in [6, 6.07) is 9.38. The molecule has 1 fully saturated rings. The molecule has 0 bridgehead atoms. The zero-order valence-electron chi connectivity index (χ0n) is 11.5. The van der Waals surface area contributed by atoms with Gasteiger partial charge in [0.25, 0.3) is 0 Å². The second-order valence-corrected chi connectivity index (χ2v) is 5.46. The molecule has 100 valence electrons. The van der Waals surface area contributed by atoms with Crippen LogP contribution in [0.1, 0.15) is 18.4 Å². The number of hydrogen-bond acceptors (Lipinski definition) is 3. The number of aromatic nitrogens is 1. The standard InChI is InChI=1S/C16H21N3/c1-19-8-2-3-16(19)12-18-10-13-4-5-15-11-17-7-6-14(15)9-13/h4-7,9,11,16,18H,2-3,8,10,12H2,1H3. The average molecular weight is 255 g/mol. The van der Waals surface area contributed by atoms with E-state index in [2.05, 4.69) is 46.5 Å². The lowest BCUT2D eigenvalue weighted by Gasteiger charge is -2.19. The molecule has 1 aromatic heterocycles. The molecule has 0 saturated carbocycles. The van der Waals surface area contributed by atoms with Gasteiger partial charge in [0.15, 0.2) is 0 Å². The molecule has 0 radical (unpaired) electrons. The van der Waals surface area contributed by atoms with Crippen molar-refractivity contribution in [1.29, 1.82) is 0 Å². The van der Waals surface area contributed by atoms with Gasteiger partial charge in [0.05, 0.1) is 0 Å². The van der Waals surface area contributed by atoms with Gasteiger partial charge in [-0.25, -0.2) is 0 Å². The summed E-state index contributed by atoms with van der Waals surface area (Å²) < 4.78 is 0. The Kier molecular flexibility index (Phi) is 3.76. The molecule has 19 heavy (non-hydrogen) atoms. The number of pyridine rings is 1. The minimum absolute atomic E-state index is 0.713. The number of nitrogens with one attached hydrogen (secondary N) is 1. The highest BCUT2D eigenvalue weighted by Crippen LogP contribution is 2.15. The molecule has 1 saturated heterocycles. The summed E-state index contributed by atoms with van der Waals surface area (Å²) in [5, 5.41) is 6.06. The van der Waals surface area contributed by atoms with E-state index in [4.69, 9.17) is 0 Å². The Morgan fingerprint density at radius 2 is 2.26 bits per heavy atom. The van der Waals surface area contributed by atoms with Crippen molar-refractivity contribution in [2.75, 3.05) is 20.1 Å². The second-order valence-electron chi connectivity index (χ2n) is 5.46. The molecule has 0 aliphatic carbocycles. The Bertz CT molecular complexity index is 552. The summed E-state index contributed by atoms with van der Waals surface area (Å²) in [4.78, 5) is 6.60. The third-order valence-electron chi connectivity index (χ3n) is 4.09. The van der Waals surface area contributed by atoms with E-state index >= 15 is 0 Å². The lowest BCUT2D eigenvalue weighted by atomic mass is 10.1. The van der Waals surface area contributed by atoms with Crippen molar-refractivity contribution < 1.29 is 0 Å². The quantitative estimate of drug-likeness (QED) is 0.909. The Labute approximate surface area is 114 Å². The maximum absolute atomic E-state index is 4.14. The third kappa shape index (κ3) is 2.94. The highest BCUT2D eigenvalue weighted by atomic mass is 15.2. The summed E-state index contributed by atoms with van der Waals surface area (Å²) in [7, 11) is 2.22. The molecule has 2 aromatic rings. The monoisotopic (exact) mass is 255 g/mol. The van der Waals surface area contributed by atoms with Crippen LogP contribution < -0.4 is 5.32 Å². The smallest absolute Gasteiger partial charge is 0.0346 e. The maximum atomic E-state index is 4.14. The molecule has 2 heterocycles. The first-order valence-corrected chi connectivity index (χ1v) is 7.06. The van der Waals surface area contributed by atoms with Gasteiger partial charge in [-0.05, 0) is 49.5 Å². The normalized spacial score (nSPS) is 20.2. The molecule has 3 nitrogen and oxygen atoms in total. The number of fused-ring (bicyclic) bond motifs is 1. The molecule has 1 aromatic carbocycles. The van der Waals surface area contributed by atoms with Crippen LogP contribution in [0, 0.1) is 0 Å². The van der Waals surface area contributed by atoms with Crippen molar-refractivity contribution in [3.63, 3.8) is 0 Å². The maximum Gasteiger partial charge on any atom is 0.0346 e. The summed E-state index contributed by atoms with van der Waals surface area (Å²) >= 11 is 0. The summed E-state index contributed by atoms with van der Waals surface area (Å²) in [5.41, 5.74) is 1.35. The fraction of sp³-hybridized carbons (Fsp3) is 0.438. The Balaban J connectivity index is 1.59. The number of rotatable bonds is 4. The van der Waals surface area contributed by atoms with Gasteiger partial charge < -0.3 is 10.2 Å². The van der Waals surface area contributed by atoms with E-state index in [0.717, 1.165) is 13.1 Å². The van der Waals surface area contributed by atoms with Crippen LogP contribution in [0.4, 0.5) is 0 Å². The van der Waals surface area contributed by atoms with Gasteiger partial charge in [-0.15, -0.1) is 0 Å². The van der Waals surface area contributed by atoms with E-state index in [1.165, 1.54) is 35.7 Å². The summed E-state index contributed by atoms with van der Waals surface area (Å²) in [6.07, 6.45) is 6.44. The number of hydrogen-bond donors (Lipinski definition) is 1. The summed E-state index contributed by atoms with van der Waals surface area (Å²) in [5.74, 6) is 0. The SMILES string of the molecule is CN1CCCC1CNCc1ccc2cnccc2c1. The first-order chi connectivity index (χ1) is 9.33. The topological polar surface area (TPSA) is 28.2 Å². The van der Waals surface area contributed by atoms with Crippen molar-refractivity contribution in [3.8, 4) is 0 Å². The lowest BCUT2D eigenvalue weighted by molar-refractivity contribution is 0.300. The van der Waals surface area contributed by atoms with Gasteiger partial charge in [0.1, 0.15) is 0 Å². The van der Waals surface area contributed by atoms with Crippen LogP contribution in [-0.4, -0.2) is 36.1 Å². The third-order valence-corrected chi connectivity index (χ3v) is 4.09. The predicted octanol–water partition coefficient (Wildman–Crippen LogP) is 2.42. The van der Waals surface area contributed by atoms with Crippen molar-refractivity contribution in [1.82, 2.24) is 15.2 Å². The van der Waals surface area contributed by atoms with Gasteiger partial charge in [-0.3, -0.25) is 4.98 Å². The molecule has 1 aliphatic rings. The highest BCUT2D eigenvalue weighted by molar-refractivity contribution is 5.81. The Morgan fingerprint density at radius 3 is 3.11 bits per heavy atom. The van der Waals surface area contributed by atoms with Crippen LogP contribution in [-0.2, 0) is 6.54 Å². The molecule has 3 rings (SSSR count). The van der Waals surface area contributed by atoms with Gasteiger partial charge in [0, 0.05) is 36.9 Å². The van der Waals surface area contributed by atoms with E-state index in [1.54, 1.807) is 0 Å². The zero-order chi connectivity index (χ0) is 13.1. The van der Waals surface area contributed by atoms with Crippen LogP contribution in [0.5, 0.6) is 0 Å². The van der Waals surface area contributed by atoms with Crippen LogP contribution in [0.15, 0.2) is 36.7 Å². The number of likely N-dealkylation sites (N-methyl/N-ethyl adjacent to an activating group) is 1. The second kappa shape index (κ2) is 5.68. The fourth-order valence-corrected chi connectivity index (χ4v) is 2.86. The summed E-state index contributed by atoms with van der Waals surface area (Å²) in [6.45, 7) is 3.28. The van der Waals surface area contributed by atoms with E-state index in [1.807, 2.05) is 12.4 Å². The fourth-order valence-electron chi connectivity index (χ4n) is 2.86. The lowest BCUT2D eigenvalue weighted by Crippen LogP contribution is -2.35. The Morgan fingerprint density at radius 1 is 1.32 bits per heavy atom. The van der Waals surface area contributed by atoms with E-state index < -0.39 is 0 Å². The predicted molar refractivity (Wildman–Crippen MR) is 79.1 cm³/mol. The Hall–Kier alpha value is -1.45. The molecule has 1 N–H and O–H groups in total. The van der Waals surface area contributed by atoms with Gasteiger partial charge in [-0.1, -0.05) is 12.1 Å². The number of nitrogens with zero attached hydrogens (tertiary/aromatic N) is 2. The van der Waals surface area contributed by atoms with Gasteiger partial charge >= 0.3 is 0 Å². The molecule has 1 unspecified atom stereocenters. The minimum Gasteiger partial charge on any atom is -0.311 e. The van der Waals surface area contributed by atoms with E-state index in [9.17, 15) is 0 Å². The van der Waals surface area contributed by atoms with Crippen LogP contribution in [0.2, 0.25) is 0 Å². The van der Waals surface area contributed by atoms with Crippen molar-refractivity contribution in [2.24, 2.45) is 0 Å². The molecule has 1 atom stereocenters. The van der Waals surface area contributed by atoms with E-state index in [-0.39, 0.29) is 0 Å². The van der Waals surface area contributed by atoms with Crippen LogP contribution in [0.3, 0.4) is 0 Å². The van der Waals surface area contributed by atoms with Crippen molar-refractivity contribution >= 4 is 10.8 Å². The average Bonchev–Trinajstić information content (AvgIpc) is 2.84. The van der Waals surface area contributed by atoms with Crippen LogP contribution in [0.25, 0.3) is 10.8 Å². The zero-order valence-corrected chi connectivity index (χ0v) is 11.5.